The first-order chi connectivity index (χ1) is 15.8. The topological polar surface area (TPSA) is 50.8 Å². The number of pyridine rings is 1. The molecule has 5 rings (SSSR count). The van der Waals surface area contributed by atoms with Crippen LogP contribution in [0.4, 0.5) is 17.6 Å². The lowest BCUT2D eigenvalue weighted by Gasteiger charge is -2.32. The maximum atomic E-state index is 13.8. The average molecular weight is 457 g/mol. The van der Waals surface area contributed by atoms with E-state index >= 15 is 0 Å². The number of alkyl halides is 3. The highest BCUT2D eigenvalue weighted by Crippen LogP contribution is 2.43. The summed E-state index contributed by atoms with van der Waals surface area (Å²) in [6.07, 6.45) is 0.998. The van der Waals surface area contributed by atoms with Crippen molar-refractivity contribution >= 4 is 21.9 Å². The van der Waals surface area contributed by atoms with Crippen LogP contribution < -0.4 is 4.74 Å². The fraction of sp³-hybridized carbons (Fsp3) is 0.360. The van der Waals surface area contributed by atoms with Crippen molar-refractivity contribution in [1.29, 1.82) is 0 Å². The number of H-pyrrole nitrogens is 1. The molecule has 0 spiro atoms. The molecule has 0 bridgehead atoms. The minimum Gasteiger partial charge on any atom is -0.406 e. The largest absolute Gasteiger partial charge is 0.573 e. The SMILES string of the molecule is C[C@@H](c1nc2cc(OC(F)(F)F)ccc2[nH]1)[C@H]1CC[C@@H](c2ccnc3ccc(F)cc32)CC1. The van der Waals surface area contributed by atoms with Gasteiger partial charge in [0.05, 0.1) is 16.6 Å². The number of imidazole rings is 1. The molecule has 0 unspecified atom stereocenters. The Labute approximate surface area is 188 Å². The van der Waals surface area contributed by atoms with Gasteiger partial charge >= 0.3 is 6.36 Å². The predicted octanol–water partition coefficient (Wildman–Crippen LogP) is 7.23. The van der Waals surface area contributed by atoms with Gasteiger partial charge in [0.25, 0.3) is 0 Å². The van der Waals surface area contributed by atoms with Gasteiger partial charge in [-0.25, -0.2) is 9.37 Å². The van der Waals surface area contributed by atoms with Crippen LogP contribution >= 0.6 is 0 Å². The van der Waals surface area contributed by atoms with E-state index in [4.69, 9.17) is 0 Å². The molecule has 0 saturated heterocycles. The lowest BCUT2D eigenvalue weighted by Crippen LogP contribution is -2.19. The van der Waals surface area contributed by atoms with Gasteiger partial charge in [-0.2, -0.15) is 0 Å². The first-order valence-corrected chi connectivity index (χ1v) is 11.1. The molecule has 1 aliphatic carbocycles. The minimum atomic E-state index is -4.73. The molecule has 33 heavy (non-hydrogen) atoms. The van der Waals surface area contributed by atoms with Crippen LogP contribution in [0.15, 0.2) is 48.7 Å². The first kappa shape index (κ1) is 21.7. The Morgan fingerprint density at radius 3 is 2.55 bits per heavy atom. The van der Waals surface area contributed by atoms with Crippen molar-refractivity contribution in [2.45, 2.75) is 50.8 Å². The van der Waals surface area contributed by atoms with E-state index in [1.807, 2.05) is 6.07 Å². The van der Waals surface area contributed by atoms with Crippen molar-refractivity contribution < 1.29 is 22.3 Å². The van der Waals surface area contributed by atoms with Gasteiger partial charge in [0.1, 0.15) is 17.4 Å². The summed E-state index contributed by atoms with van der Waals surface area (Å²) < 4.78 is 55.4. The van der Waals surface area contributed by atoms with Crippen molar-refractivity contribution in [2.24, 2.45) is 5.92 Å². The van der Waals surface area contributed by atoms with Crippen LogP contribution in [-0.2, 0) is 0 Å². The Bertz CT molecular complexity index is 1290. The molecule has 0 amide bonds. The Morgan fingerprint density at radius 1 is 1.00 bits per heavy atom. The molecule has 8 heteroatoms. The summed E-state index contributed by atoms with van der Waals surface area (Å²) in [4.78, 5) is 12.2. The van der Waals surface area contributed by atoms with E-state index < -0.39 is 6.36 Å². The number of nitrogens with zero attached hydrogens (tertiary/aromatic N) is 2. The number of aromatic nitrogens is 3. The van der Waals surface area contributed by atoms with Gasteiger partial charge < -0.3 is 9.72 Å². The summed E-state index contributed by atoms with van der Waals surface area (Å²) in [7, 11) is 0. The number of nitrogens with one attached hydrogen (secondary N) is 1. The summed E-state index contributed by atoms with van der Waals surface area (Å²) in [5.74, 6) is 1.12. The molecular weight excluding hydrogens is 434 g/mol. The molecule has 1 saturated carbocycles. The Kier molecular flexibility index (Phi) is 5.46. The van der Waals surface area contributed by atoms with Gasteiger partial charge in [-0.05, 0) is 79.5 Å². The van der Waals surface area contributed by atoms with Gasteiger partial charge in [-0.15, -0.1) is 13.2 Å². The zero-order valence-corrected chi connectivity index (χ0v) is 18.0. The highest BCUT2D eigenvalue weighted by molar-refractivity contribution is 5.82. The highest BCUT2D eigenvalue weighted by atomic mass is 19.4. The van der Waals surface area contributed by atoms with Gasteiger partial charge in [0, 0.05) is 23.6 Å². The number of ether oxygens (including phenoxy) is 1. The summed E-state index contributed by atoms with van der Waals surface area (Å²) in [5.41, 5.74) is 3.09. The van der Waals surface area contributed by atoms with Crippen LogP contribution in [0.5, 0.6) is 5.75 Å². The third-order valence-corrected chi connectivity index (χ3v) is 6.79. The fourth-order valence-corrected chi connectivity index (χ4v) is 5.07. The van der Waals surface area contributed by atoms with Crippen molar-refractivity contribution in [3.63, 3.8) is 0 Å². The maximum absolute atomic E-state index is 13.8. The van der Waals surface area contributed by atoms with E-state index in [2.05, 4.69) is 26.6 Å². The third-order valence-electron chi connectivity index (χ3n) is 6.79. The van der Waals surface area contributed by atoms with E-state index in [0.29, 0.717) is 22.9 Å². The van der Waals surface area contributed by atoms with Crippen LogP contribution in [0.1, 0.15) is 55.8 Å². The summed E-state index contributed by atoms with van der Waals surface area (Å²) in [6.45, 7) is 2.10. The molecule has 2 aromatic carbocycles. The molecule has 0 aliphatic heterocycles. The van der Waals surface area contributed by atoms with E-state index in [-0.39, 0.29) is 17.5 Å². The zero-order chi connectivity index (χ0) is 23.2. The van der Waals surface area contributed by atoms with Crippen LogP contribution in [0.2, 0.25) is 0 Å². The van der Waals surface area contributed by atoms with Crippen LogP contribution in [-0.4, -0.2) is 21.3 Å². The minimum absolute atomic E-state index is 0.136. The van der Waals surface area contributed by atoms with Crippen molar-refractivity contribution in [3.8, 4) is 5.75 Å². The molecule has 4 nitrogen and oxygen atoms in total. The zero-order valence-electron chi connectivity index (χ0n) is 18.0. The summed E-state index contributed by atoms with van der Waals surface area (Å²) in [5, 5.41) is 0.878. The van der Waals surface area contributed by atoms with E-state index in [9.17, 15) is 17.6 Å². The molecular formula is C25H23F4N3O. The second-order valence-electron chi connectivity index (χ2n) is 8.81. The van der Waals surface area contributed by atoms with E-state index in [1.165, 1.54) is 18.2 Å². The molecule has 172 valence electrons. The van der Waals surface area contributed by atoms with Crippen molar-refractivity contribution in [2.75, 3.05) is 0 Å². The molecule has 1 fully saturated rings. The van der Waals surface area contributed by atoms with Gasteiger partial charge in [0.2, 0.25) is 0 Å². The average Bonchev–Trinajstić information content (AvgIpc) is 3.20. The number of rotatable bonds is 4. The quantitative estimate of drug-likeness (QED) is 0.329. The van der Waals surface area contributed by atoms with Crippen LogP contribution in [0.3, 0.4) is 0 Å². The summed E-state index contributed by atoms with van der Waals surface area (Å²) in [6, 6.07) is 10.9. The monoisotopic (exact) mass is 457 g/mol. The van der Waals surface area contributed by atoms with E-state index in [1.54, 1.807) is 24.4 Å². The normalized spacial score (nSPS) is 20.3. The van der Waals surface area contributed by atoms with Crippen molar-refractivity contribution in [3.05, 3.63) is 65.9 Å². The number of hydrogen-bond donors (Lipinski definition) is 1. The van der Waals surface area contributed by atoms with Crippen LogP contribution in [0.25, 0.3) is 21.9 Å². The lowest BCUT2D eigenvalue weighted by molar-refractivity contribution is -0.274. The highest BCUT2D eigenvalue weighted by Gasteiger charge is 2.32. The van der Waals surface area contributed by atoms with Gasteiger partial charge in [0.15, 0.2) is 0 Å². The molecule has 2 heterocycles. The van der Waals surface area contributed by atoms with Gasteiger partial charge in [-0.1, -0.05) is 6.92 Å². The lowest BCUT2D eigenvalue weighted by atomic mass is 9.73. The fourth-order valence-electron chi connectivity index (χ4n) is 5.07. The predicted molar refractivity (Wildman–Crippen MR) is 118 cm³/mol. The van der Waals surface area contributed by atoms with Crippen molar-refractivity contribution in [1.82, 2.24) is 15.0 Å². The second kappa shape index (κ2) is 8.32. The number of aromatic amines is 1. The maximum Gasteiger partial charge on any atom is 0.573 e. The molecule has 1 N–H and O–H groups in total. The third kappa shape index (κ3) is 4.51. The Morgan fingerprint density at radius 2 is 1.79 bits per heavy atom. The number of halogens is 4. The second-order valence-corrected chi connectivity index (χ2v) is 8.81. The number of benzene rings is 2. The van der Waals surface area contributed by atoms with Crippen LogP contribution in [0, 0.1) is 11.7 Å². The summed E-state index contributed by atoms with van der Waals surface area (Å²) >= 11 is 0. The molecule has 2 aromatic heterocycles. The Hall–Kier alpha value is -3.16. The molecule has 1 atom stereocenters. The number of fused-ring (bicyclic) bond motifs is 2. The standard InChI is InChI=1S/C25H23F4N3O/c1-14(24-31-22-9-7-18(13-23(22)32-24)33-25(27,28)29)15-2-4-16(5-3-15)19-10-11-30-21-8-6-17(26)12-20(19)21/h6-16H,2-5H2,1H3,(H,31,32)/t14-,15-,16+/m1/s1. The molecule has 4 aromatic rings. The molecule has 0 radical (unpaired) electrons. The first-order valence-electron chi connectivity index (χ1n) is 11.1. The number of hydrogen-bond acceptors (Lipinski definition) is 3. The molecule has 1 aliphatic rings. The van der Waals surface area contributed by atoms with E-state index in [0.717, 1.165) is 48.0 Å². The Balaban J connectivity index is 1.30. The van der Waals surface area contributed by atoms with Gasteiger partial charge in [-0.3, -0.25) is 4.98 Å². The smallest absolute Gasteiger partial charge is 0.406 e.